The second kappa shape index (κ2) is 6.83. The van der Waals surface area contributed by atoms with Gasteiger partial charge >= 0.3 is 5.69 Å². The predicted octanol–water partition coefficient (Wildman–Crippen LogP) is 1.38. The first-order valence-electron chi connectivity index (χ1n) is 7.37. The molecule has 1 amide bonds. The van der Waals surface area contributed by atoms with Crippen LogP contribution in [0.15, 0.2) is 40.3 Å². The van der Waals surface area contributed by atoms with Crippen LogP contribution < -0.4 is 11.0 Å². The molecule has 1 aliphatic heterocycles. The Morgan fingerprint density at radius 3 is 2.86 bits per heavy atom. The molecule has 0 saturated carbocycles. The maximum absolute atomic E-state index is 12.0. The maximum Gasteiger partial charge on any atom is 0.344 e. The maximum atomic E-state index is 12.0. The fourth-order valence-electron chi connectivity index (χ4n) is 2.45. The summed E-state index contributed by atoms with van der Waals surface area (Å²) in [7, 11) is 0. The Bertz CT molecular complexity index is 695. The van der Waals surface area contributed by atoms with Crippen molar-refractivity contribution in [3.05, 3.63) is 46.4 Å². The Labute approximate surface area is 132 Å². The first-order chi connectivity index (χ1) is 10.7. The number of hydrogen-bond acceptors (Lipinski definition) is 4. The number of amides is 1. The van der Waals surface area contributed by atoms with Gasteiger partial charge in [0.15, 0.2) is 5.16 Å². The highest BCUT2D eigenvalue weighted by Crippen LogP contribution is 2.26. The minimum Gasteiger partial charge on any atom is -0.355 e. The number of thioether (sulfide) groups is 1. The summed E-state index contributed by atoms with van der Waals surface area (Å²) in [5, 5.41) is 9.85. The number of carbonyl (C=O) groups excluding carboxylic acids is 1. The standard InChI is InChI=1S/C15H18N4O2S/c20-13-12(8-4-5-9-16-13)22-15-18-17-14(21)19(15)10-11-6-2-1-3-7-11/h1-3,6-7,12H,4-5,8-10H2,(H,16,20)(H,17,21)/t12-/m1/s1. The molecule has 6 nitrogen and oxygen atoms in total. The number of aromatic nitrogens is 3. The fourth-order valence-corrected chi connectivity index (χ4v) is 3.55. The van der Waals surface area contributed by atoms with Gasteiger partial charge in [-0.1, -0.05) is 48.5 Å². The zero-order valence-electron chi connectivity index (χ0n) is 12.1. The first-order valence-corrected chi connectivity index (χ1v) is 8.25. The minimum absolute atomic E-state index is 0.0317. The molecule has 2 aromatic rings. The number of hydrogen-bond donors (Lipinski definition) is 2. The van der Waals surface area contributed by atoms with Crippen molar-refractivity contribution in [3.8, 4) is 0 Å². The molecule has 1 aromatic heterocycles. The van der Waals surface area contributed by atoms with Gasteiger partial charge in [-0.3, -0.25) is 9.36 Å². The fraction of sp³-hybridized carbons (Fsp3) is 0.400. The number of aromatic amines is 1. The first kappa shape index (κ1) is 14.9. The van der Waals surface area contributed by atoms with Crippen molar-refractivity contribution in [1.29, 1.82) is 0 Å². The highest BCUT2D eigenvalue weighted by molar-refractivity contribution is 8.00. The van der Waals surface area contributed by atoms with E-state index in [-0.39, 0.29) is 16.8 Å². The number of carbonyl (C=O) groups is 1. The highest BCUT2D eigenvalue weighted by Gasteiger charge is 2.24. The van der Waals surface area contributed by atoms with Gasteiger partial charge in [0.2, 0.25) is 5.91 Å². The molecular weight excluding hydrogens is 300 g/mol. The van der Waals surface area contributed by atoms with Gasteiger partial charge in [0, 0.05) is 6.54 Å². The molecular formula is C15H18N4O2S. The van der Waals surface area contributed by atoms with Gasteiger partial charge in [0.25, 0.3) is 0 Å². The van der Waals surface area contributed by atoms with Crippen LogP contribution in [0.4, 0.5) is 0 Å². The van der Waals surface area contributed by atoms with Gasteiger partial charge in [-0.2, -0.15) is 0 Å². The van der Waals surface area contributed by atoms with Crippen LogP contribution in [0.2, 0.25) is 0 Å². The third-order valence-electron chi connectivity index (χ3n) is 3.64. The lowest BCUT2D eigenvalue weighted by Crippen LogP contribution is -2.31. The second-order valence-electron chi connectivity index (χ2n) is 5.28. The van der Waals surface area contributed by atoms with Crippen molar-refractivity contribution < 1.29 is 4.79 Å². The lowest BCUT2D eigenvalue weighted by atomic mass is 10.2. The van der Waals surface area contributed by atoms with Crippen molar-refractivity contribution in [3.63, 3.8) is 0 Å². The molecule has 0 radical (unpaired) electrons. The Morgan fingerprint density at radius 1 is 1.23 bits per heavy atom. The molecule has 0 bridgehead atoms. The lowest BCUT2D eigenvalue weighted by Gasteiger charge is -2.12. The van der Waals surface area contributed by atoms with E-state index in [1.54, 1.807) is 4.57 Å². The summed E-state index contributed by atoms with van der Waals surface area (Å²) >= 11 is 1.36. The van der Waals surface area contributed by atoms with Gasteiger partial charge in [-0.25, -0.2) is 9.89 Å². The van der Waals surface area contributed by atoms with E-state index in [0.29, 0.717) is 11.7 Å². The van der Waals surface area contributed by atoms with Crippen molar-refractivity contribution in [1.82, 2.24) is 20.1 Å². The summed E-state index contributed by atoms with van der Waals surface area (Å²) in [6.45, 7) is 1.18. The summed E-state index contributed by atoms with van der Waals surface area (Å²) in [5.74, 6) is 0.0317. The van der Waals surface area contributed by atoms with Crippen LogP contribution in [-0.2, 0) is 11.3 Å². The van der Waals surface area contributed by atoms with Crippen LogP contribution in [0.5, 0.6) is 0 Å². The smallest absolute Gasteiger partial charge is 0.344 e. The largest absolute Gasteiger partial charge is 0.355 e. The molecule has 1 aliphatic rings. The molecule has 116 valence electrons. The number of H-pyrrole nitrogens is 1. The molecule has 0 aliphatic carbocycles. The van der Waals surface area contributed by atoms with Crippen LogP contribution in [0.1, 0.15) is 24.8 Å². The molecule has 7 heteroatoms. The number of nitrogens with zero attached hydrogens (tertiary/aromatic N) is 2. The third kappa shape index (κ3) is 3.41. The van der Waals surface area contributed by atoms with Crippen LogP contribution in [0.25, 0.3) is 0 Å². The monoisotopic (exact) mass is 318 g/mol. The van der Waals surface area contributed by atoms with Crippen molar-refractivity contribution >= 4 is 17.7 Å². The topological polar surface area (TPSA) is 79.8 Å². The third-order valence-corrected chi connectivity index (χ3v) is 4.90. The molecule has 1 fully saturated rings. The normalized spacial score (nSPS) is 18.7. The van der Waals surface area contributed by atoms with E-state index in [9.17, 15) is 9.59 Å². The Hall–Kier alpha value is -2.02. The lowest BCUT2D eigenvalue weighted by molar-refractivity contribution is -0.120. The summed E-state index contributed by atoms with van der Waals surface area (Å²) in [6, 6.07) is 9.74. The van der Waals surface area contributed by atoms with Crippen molar-refractivity contribution in [2.75, 3.05) is 6.54 Å². The van der Waals surface area contributed by atoms with Crippen molar-refractivity contribution in [2.24, 2.45) is 0 Å². The second-order valence-corrected chi connectivity index (χ2v) is 6.45. The molecule has 0 unspecified atom stereocenters. The van der Waals surface area contributed by atoms with E-state index in [1.807, 2.05) is 30.3 Å². The molecule has 2 N–H and O–H groups in total. The highest BCUT2D eigenvalue weighted by atomic mass is 32.2. The molecule has 1 saturated heterocycles. The average Bonchev–Trinajstić information content (AvgIpc) is 2.74. The van der Waals surface area contributed by atoms with E-state index in [2.05, 4.69) is 15.5 Å². The Kier molecular flexibility index (Phi) is 4.62. The van der Waals surface area contributed by atoms with Gasteiger partial charge < -0.3 is 5.32 Å². The summed E-state index contributed by atoms with van der Waals surface area (Å²) in [6.07, 6.45) is 2.81. The summed E-state index contributed by atoms with van der Waals surface area (Å²) < 4.78 is 1.58. The molecule has 22 heavy (non-hydrogen) atoms. The van der Waals surface area contributed by atoms with Crippen LogP contribution in [0, 0.1) is 0 Å². The van der Waals surface area contributed by atoms with E-state index >= 15 is 0 Å². The number of benzene rings is 1. The molecule has 0 spiro atoms. The van der Waals surface area contributed by atoms with Gasteiger partial charge in [-0.05, 0) is 18.4 Å². The van der Waals surface area contributed by atoms with Crippen LogP contribution in [0.3, 0.4) is 0 Å². The quantitative estimate of drug-likeness (QED) is 0.892. The zero-order chi connectivity index (χ0) is 15.4. The van der Waals surface area contributed by atoms with E-state index in [0.717, 1.165) is 31.4 Å². The zero-order valence-corrected chi connectivity index (χ0v) is 12.9. The molecule has 2 heterocycles. The number of nitrogens with one attached hydrogen (secondary N) is 2. The Balaban J connectivity index is 1.79. The van der Waals surface area contributed by atoms with E-state index in [4.69, 9.17) is 0 Å². The average molecular weight is 318 g/mol. The van der Waals surface area contributed by atoms with Gasteiger partial charge in [0.05, 0.1) is 11.8 Å². The Morgan fingerprint density at radius 2 is 2.05 bits per heavy atom. The van der Waals surface area contributed by atoms with Gasteiger partial charge in [0.1, 0.15) is 0 Å². The van der Waals surface area contributed by atoms with Crippen molar-refractivity contribution in [2.45, 2.75) is 36.2 Å². The van der Waals surface area contributed by atoms with E-state index < -0.39 is 0 Å². The number of rotatable bonds is 4. The van der Waals surface area contributed by atoms with Crippen LogP contribution in [-0.4, -0.2) is 32.5 Å². The SMILES string of the molecule is O=C1NCCCC[C@H]1Sc1n[nH]c(=O)n1Cc1ccccc1. The summed E-state index contributed by atoms with van der Waals surface area (Å²) in [4.78, 5) is 24.0. The van der Waals surface area contributed by atoms with Gasteiger partial charge in [-0.15, -0.1) is 5.10 Å². The van der Waals surface area contributed by atoms with E-state index in [1.165, 1.54) is 11.8 Å². The van der Waals surface area contributed by atoms with Crippen LogP contribution >= 0.6 is 11.8 Å². The predicted molar refractivity (Wildman–Crippen MR) is 84.9 cm³/mol. The minimum atomic E-state index is -0.250. The molecule has 1 aromatic carbocycles. The molecule has 3 rings (SSSR count). The molecule has 1 atom stereocenters. The summed E-state index contributed by atoms with van der Waals surface area (Å²) in [5.41, 5.74) is 0.776.